The average molecular weight is 316 g/mol. The molecule has 1 saturated heterocycles. The molecule has 0 saturated carbocycles. The predicted molar refractivity (Wildman–Crippen MR) is 83.7 cm³/mol. The Hall–Kier alpha value is -2.43. The van der Waals surface area contributed by atoms with E-state index < -0.39 is 0 Å². The standard InChI is InChI=1S/C18H18F2N2O/c19-15-7-3-13(4-8-15)12-21-18(23)22-11-1-2-17(22)14-5-9-16(20)10-6-14/h3-10,17H,1-2,11-12H2,(H,21,23)/t17-/m1/s1. The fraction of sp³-hybridized carbons (Fsp3) is 0.278. The molecule has 0 spiro atoms. The number of carbonyl (C=O) groups is 1. The largest absolute Gasteiger partial charge is 0.334 e. The molecule has 1 atom stereocenters. The highest BCUT2D eigenvalue weighted by Crippen LogP contribution is 2.31. The third-order valence-electron chi connectivity index (χ3n) is 4.13. The van der Waals surface area contributed by atoms with Gasteiger partial charge < -0.3 is 10.2 Å². The summed E-state index contributed by atoms with van der Waals surface area (Å²) in [5.74, 6) is -0.574. The van der Waals surface area contributed by atoms with Crippen LogP contribution >= 0.6 is 0 Å². The van der Waals surface area contributed by atoms with Crippen LogP contribution in [0.5, 0.6) is 0 Å². The summed E-state index contributed by atoms with van der Waals surface area (Å²) in [5.41, 5.74) is 1.79. The lowest BCUT2D eigenvalue weighted by atomic mass is 10.0. The molecule has 0 aliphatic carbocycles. The second-order valence-corrected chi connectivity index (χ2v) is 5.69. The van der Waals surface area contributed by atoms with Gasteiger partial charge in [0.25, 0.3) is 0 Å². The number of nitrogens with zero attached hydrogens (tertiary/aromatic N) is 1. The van der Waals surface area contributed by atoms with Crippen LogP contribution in [-0.4, -0.2) is 17.5 Å². The minimum Gasteiger partial charge on any atom is -0.334 e. The zero-order valence-corrected chi connectivity index (χ0v) is 12.6. The van der Waals surface area contributed by atoms with Crippen LogP contribution < -0.4 is 5.32 Å². The lowest BCUT2D eigenvalue weighted by molar-refractivity contribution is 0.192. The van der Waals surface area contributed by atoms with Crippen molar-refractivity contribution < 1.29 is 13.6 Å². The summed E-state index contributed by atoms with van der Waals surface area (Å²) in [6, 6.07) is 12.2. The fourth-order valence-electron chi connectivity index (χ4n) is 2.92. The molecule has 1 aliphatic heterocycles. The Labute approximate surface area is 133 Å². The number of carbonyl (C=O) groups excluding carboxylic acids is 1. The summed E-state index contributed by atoms with van der Waals surface area (Å²) in [4.78, 5) is 14.2. The van der Waals surface area contributed by atoms with Crippen LogP contribution in [0.15, 0.2) is 48.5 Å². The van der Waals surface area contributed by atoms with Gasteiger partial charge in [0.15, 0.2) is 0 Å². The molecule has 23 heavy (non-hydrogen) atoms. The van der Waals surface area contributed by atoms with Crippen molar-refractivity contribution in [1.29, 1.82) is 0 Å². The SMILES string of the molecule is O=C(NCc1ccc(F)cc1)N1CCC[C@@H]1c1ccc(F)cc1. The van der Waals surface area contributed by atoms with Gasteiger partial charge in [-0.15, -0.1) is 0 Å². The first kappa shape index (κ1) is 15.5. The summed E-state index contributed by atoms with van der Waals surface area (Å²) in [5, 5.41) is 2.86. The Kier molecular flexibility index (Phi) is 4.55. The molecule has 2 amide bonds. The molecule has 0 aromatic heterocycles. The average Bonchev–Trinajstić information content (AvgIpc) is 3.04. The highest BCUT2D eigenvalue weighted by molar-refractivity contribution is 5.75. The zero-order valence-electron chi connectivity index (χ0n) is 12.6. The van der Waals surface area contributed by atoms with Crippen molar-refractivity contribution in [2.45, 2.75) is 25.4 Å². The number of nitrogens with one attached hydrogen (secondary N) is 1. The Morgan fingerprint density at radius 3 is 2.30 bits per heavy atom. The van der Waals surface area contributed by atoms with Gasteiger partial charge in [-0.2, -0.15) is 0 Å². The van der Waals surface area contributed by atoms with Crippen molar-refractivity contribution in [3.05, 3.63) is 71.3 Å². The zero-order chi connectivity index (χ0) is 16.2. The minimum atomic E-state index is -0.295. The van der Waals surface area contributed by atoms with Crippen LogP contribution in [0, 0.1) is 11.6 Å². The number of urea groups is 1. The topological polar surface area (TPSA) is 32.3 Å². The molecular formula is C18H18F2N2O. The number of halogens is 2. The summed E-state index contributed by atoms with van der Waals surface area (Å²) in [7, 11) is 0. The monoisotopic (exact) mass is 316 g/mol. The third kappa shape index (κ3) is 3.67. The molecule has 1 heterocycles. The quantitative estimate of drug-likeness (QED) is 0.911. The maximum Gasteiger partial charge on any atom is 0.318 e. The van der Waals surface area contributed by atoms with Crippen molar-refractivity contribution in [1.82, 2.24) is 10.2 Å². The van der Waals surface area contributed by atoms with Gasteiger partial charge in [0, 0.05) is 13.1 Å². The highest BCUT2D eigenvalue weighted by atomic mass is 19.1. The molecule has 5 heteroatoms. The minimum absolute atomic E-state index is 0.0242. The van der Waals surface area contributed by atoms with E-state index >= 15 is 0 Å². The lowest BCUT2D eigenvalue weighted by Gasteiger charge is -2.25. The normalized spacial score (nSPS) is 17.3. The third-order valence-corrected chi connectivity index (χ3v) is 4.13. The van der Waals surface area contributed by atoms with Crippen LogP contribution in [0.1, 0.15) is 30.0 Å². The van der Waals surface area contributed by atoms with Crippen molar-refractivity contribution >= 4 is 6.03 Å². The molecule has 120 valence electrons. The number of rotatable bonds is 3. The lowest BCUT2D eigenvalue weighted by Crippen LogP contribution is -2.39. The predicted octanol–water partition coefficient (Wildman–Crippen LogP) is 4.01. The fourth-order valence-corrected chi connectivity index (χ4v) is 2.92. The Morgan fingerprint density at radius 2 is 1.65 bits per heavy atom. The van der Waals surface area contributed by atoms with Gasteiger partial charge in [0.2, 0.25) is 0 Å². The molecular weight excluding hydrogens is 298 g/mol. The van der Waals surface area contributed by atoms with E-state index in [9.17, 15) is 13.6 Å². The van der Waals surface area contributed by atoms with Gasteiger partial charge in [-0.05, 0) is 48.2 Å². The van der Waals surface area contributed by atoms with E-state index in [0.29, 0.717) is 13.1 Å². The van der Waals surface area contributed by atoms with Crippen LogP contribution in [0.4, 0.5) is 13.6 Å². The molecule has 0 unspecified atom stereocenters. The number of amides is 2. The Balaban J connectivity index is 1.63. The first-order valence-electron chi connectivity index (χ1n) is 7.68. The van der Waals surface area contributed by atoms with Gasteiger partial charge in [0.1, 0.15) is 11.6 Å². The van der Waals surface area contributed by atoms with E-state index in [2.05, 4.69) is 5.32 Å². The second kappa shape index (κ2) is 6.77. The molecule has 0 bridgehead atoms. The molecule has 2 aromatic rings. The van der Waals surface area contributed by atoms with Gasteiger partial charge in [-0.3, -0.25) is 0 Å². The van der Waals surface area contributed by atoms with Crippen LogP contribution in [-0.2, 0) is 6.54 Å². The van der Waals surface area contributed by atoms with E-state index in [0.717, 1.165) is 24.0 Å². The summed E-state index contributed by atoms with van der Waals surface area (Å²) in [6.45, 7) is 1.03. The number of hydrogen-bond donors (Lipinski definition) is 1. The second-order valence-electron chi connectivity index (χ2n) is 5.69. The van der Waals surface area contributed by atoms with Crippen LogP contribution in [0.25, 0.3) is 0 Å². The van der Waals surface area contributed by atoms with E-state index in [1.165, 1.54) is 24.3 Å². The molecule has 1 fully saturated rings. The molecule has 2 aromatic carbocycles. The van der Waals surface area contributed by atoms with Crippen molar-refractivity contribution in [2.24, 2.45) is 0 Å². The van der Waals surface area contributed by atoms with E-state index in [-0.39, 0.29) is 23.7 Å². The van der Waals surface area contributed by atoms with Crippen molar-refractivity contribution in [3.63, 3.8) is 0 Å². The Morgan fingerprint density at radius 1 is 1.04 bits per heavy atom. The smallest absolute Gasteiger partial charge is 0.318 e. The molecule has 3 rings (SSSR count). The summed E-state index contributed by atoms with van der Waals surface area (Å²) < 4.78 is 25.9. The van der Waals surface area contributed by atoms with E-state index in [1.54, 1.807) is 29.2 Å². The van der Waals surface area contributed by atoms with Crippen LogP contribution in [0.2, 0.25) is 0 Å². The molecule has 3 nitrogen and oxygen atoms in total. The maximum atomic E-state index is 13.0. The molecule has 1 N–H and O–H groups in total. The highest BCUT2D eigenvalue weighted by Gasteiger charge is 2.29. The number of likely N-dealkylation sites (tertiary alicyclic amines) is 1. The van der Waals surface area contributed by atoms with Gasteiger partial charge >= 0.3 is 6.03 Å². The number of hydrogen-bond acceptors (Lipinski definition) is 1. The van der Waals surface area contributed by atoms with Gasteiger partial charge in [-0.1, -0.05) is 24.3 Å². The van der Waals surface area contributed by atoms with Crippen molar-refractivity contribution in [3.8, 4) is 0 Å². The van der Waals surface area contributed by atoms with Gasteiger partial charge in [0.05, 0.1) is 6.04 Å². The summed E-state index contributed by atoms with van der Waals surface area (Å²) >= 11 is 0. The number of benzene rings is 2. The Bertz CT molecular complexity index is 670. The first-order chi connectivity index (χ1) is 11.1. The van der Waals surface area contributed by atoms with Gasteiger partial charge in [-0.25, -0.2) is 13.6 Å². The molecule has 1 aliphatic rings. The maximum absolute atomic E-state index is 13.0. The van der Waals surface area contributed by atoms with Crippen molar-refractivity contribution in [2.75, 3.05) is 6.54 Å². The van der Waals surface area contributed by atoms with E-state index in [4.69, 9.17) is 0 Å². The first-order valence-corrected chi connectivity index (χ1v) is 7.68. The van der Waals surface area contributed by atoms with Crippen LogP contribution in [0.3, 0.4) is 0 Å². The van der Waals surface area contributed by atoms with E-state index in [1.807, 2.05) is 0 Å². The molecule has 0 radical (unpaired) electrons. The summed E-state index contributed by atoms with van der Waals surface area (Å²) in [6.07, 6.45) is 1.79.